The first-order chi connectivity index (χ1) is 17.4. The molecule has 4 rings (SSSR count). The van der Waals surface area contributed by atoms with Gasteiger partial charge in [0.25, 0.3) is 0 Å². The summed E-state index contributed by atoms with van der Waals surface area (Å²) >= 11 is 5.77. The first-order valence-corrected chi connectivity index (χ1v) is 11.7. The van der Waals surface area contributed by atoms with E-state index < -0.39 is 54.6 Å². The van der Waals surface area contributed by atoms with Gasteiger partial charge in [0.05, 0.1) is 16.1 Å². The number of alkyl halides is 3. The van der Waals surface area contributed by atoms with E-state index >= 15 is 0 Å². The predicted octanol–water partition coefficient (Wildman–Crippen LogP) is 5.63. The Morgan fingerprint density at radius 2 is 2.03 bits per heavy atom. The van der Waals surface area contributed by atoms with E-state index in [2.05, 4.69) is 20.5 Å². The molecule has 1 aliphatic rings. The number of nitrogens with zero attached hydrogens (tertiary/aromatic N) is 3. The molecule has 1 aromatic carbocycles. The number of carboxylic acid groups (broad SMARTS) is 1. The number of anilines is 2. The highest BCUT2D eigenvalue weighted by Gasteiger charge is 2.54. The van der Waals surface area contributed by atoms with Crippen LogP contribution in [0.3, 0.4) is 0 Å². The standard InChI is InChI=1S/C24H23ClF5N5O2/c1-13-9-20(34-33-13)32-19-6-5-16(26)17(31-19)10-23(22(36)37)7-8-35(18(11-23)24(28,29)30)12-14-3-2-4-15(25)21(14)27/h2-6,9,18H,7-8,10-12H2,1H3,(H,36,37)(H2,31,32,33,34). The van der Waals surface area contributed by atoms with Crippen molar-refractivity contribution in [1.29, 1.82) is 0 Å². The zero-order valence-corrected chi connectivity index (χ0v) is 20.3. The minimum Gasteiger partial charge on any atom is -0.481 e. The molecule has 7 nitrogen and oxygen atoms in total. The number of aromatic amines is 1. The molecule has 3 heterocycles. The van der Waals surface area contributed by atoms with Crippen LogP contribution in [0.15, 0.2) is 36.4 Å². The van der Waals surface area contributed by atoms with Crippen molar-refractivity contribution in [1.82, 2.24) is 20.1 Å². The van der Waals surface area contributed by atoms with Crippen LogP contribution in [0.5, 0.6) is 0 Å². The Kier molecular flexibility index (Phi) is 7.43. The summed E-state index contributed by atoms with van der Waals surface area (Å²) in [6.07, 6.45) is -6.46. The van der Waals surface area contributed by atoms with Gasteiger partial charge in [0, 0.05) is 36.8 Å². The van der Waals surface area contributed by atoms with Crippen LogP contribution in [0.1, 0.15) is 29.8 Å². The number of hydrogen-bond donors (Lipinski definition) is 3. The summed E-state index contributed by atoms with van der Waals surface area (Å²) in [5, 5.41) is 19.4. The fourth-order valence-electron chi connectivity index (χ4n) is 4.56. The second kappa shape index (κ2) is 10.3. The fraction of sp³-hybridized carbons (Fsp3) is 0.375. The van der Waals surface area contributed by atoms with E-state index in [9.17, 15) is 31.9 Å². The lowest BCUT2D eigenvalue weighted by atomic mass is 9.71. The maximum Gasteiger partial charge on any atom is 0.404 e. The number of carboxylic acids is 1. The van der Waals surface area contributed by atoms with Crippen LogP contribution in [0.25, 0.3) is 0 Å². The van der Waals surface area contributed by atoms with Crippen molar-refractivity contribution < 1.29 is 31.9 Å². The van der Waals surface area contributed by atoms with Gasteiger partial charge in [0.1, 0.15) is 23.5 Å². The Morgan fingerprint density at radius 3 is 2.68 bits per heavy atom. The Labute approximate surface area is 213 Å². The van der Waals surface area contributed by atoms with Crippen LogP contribution in [0, 0.1) is 24.0 Å². The lowest BCUT2D eigenvalue weighted by Gasteiger charge is -2.45. The van der Waals surface area contributed by atoms with E-state index in [0.717, 1.165) is 16.7 Å². The summed E-state index contributed by atoms with van der Waals surface area (Å²) in [4.78, 5) is 17.5. The third-order valence-corrected chi connectivity index (χ3v) is 6.82. The molecule has 1 saturated heterocycles. The van der Waals surface area contributed by atoms with Crippen LogP contribution < -0.4 is 5.32 Å². The number of aromatic nitrogens is 3. The average Bonchev–Trinajstić information content (AvgIpc) is 3.23. The molecule has 198 valence electrons. The zero-order valence-electron chi connectivity index (χ0n) is 19.5. The number of halogens is 6. The highest BCUT2D eigenvalue weighted by Crippen LogP contribution is 2.44. The van der Waals surface area contributed by atoms with Gasteiger partial charge in [0.2, 0.25) is 0 Å². The van der Waals surface area contributed by atoms with Crippen molar-refractivity contribution >= 4 is 29.2 Å². The largest absolute Gasteiger partial charge is 0.481 e. The molecule has 0 radical (unpaired) electrons. The SMILES string of the molecule is Cc1cc(Nc2ccc(F)c(CC3(C(=O)O)CCN(Cc4cccc(Cl)c4F)C(C(F)(F)F)C3)n2)n[nH]1. The molecular weight excluding hydrogens is 521 g/mol. The molecule has 3 aromatic rings. The van der Waals surface area contributed by atoms with Gasteiger partial charge in [0.15, 0.2) is 5.82 Å². The lowest BCUT2D eigenvalue weighted by molar-refractivity contribution is -0.208. The summed E-state index contributed by atoms with van der Waals surface area (Å²) in [7, 11) is 0. The van der Waals surface area contributed by atoms with Gasteiger partial charge in [-0.05, 0) is 38.0 Å². The molecule has 2 aromatic heterocycles. The maximum atomic E-state index is 14.7. The Hall–Kier alpha value is -3.25. The van der Waals surface area contributed by atoms with E-state index in [1.807, 2.05) is 0 Å². The third-order valence-electron chi connectivity index (χ3n) is 6.53. The molecule has 0 saturated carbocycles. The number of pyridine rings is 1. The average molecular weight is 544 g/mol. The number of aryl methyl sites for hydroxylation is 1. The number of carbonyl (C=O) groups is 1. The fourth-order valence-corrected chi connectivity index (χ4v) is 4.75. The summed E-state index contributed by atoms with van der Waals surface area (Å²) in [5.41, 5.74) is -1.52. The molecule has 2 atom stereocenters. The molecule has 2 unspecified atom stereocenters. The third kappa shape index (κ3) is 5.85. The topological polar surface area (TPSA) is 94.1 Å². The monoisotopic (exact) mass is 543 g/mol. The van der Waals surface area contributed by atoms with Gasteiger partial charge in [-0.25, -0.2) is 13.8 Å². The lowest BCUT2D eigenvalue weighted by Crippen LogP contribution is -2.56. The Morgan fingerprint density at radius 1 is 1.27 bits per heavy atom. The van der Waals surface area contributed by atoms with Crippen molar-refractivity contribution in [2.45, 2.75) is 44.9 Å². The second-order valence-electron chi connectivity index (χ2n) is 9.14. The van der Waals surface area contributed by atoms with E-state index in [0.29, 0.717) is 5.82 Å². The molecule has 0 bridgehead atoms. The van der Waals surface area contributed by atoms with Gasteiger partial charge in [-0.15, -0.1) is 0 Å². The molecule has 0 amide bonds. The number of piperidine rings is 1. The Bertz CT molecular complexity index is 1300. The number of benzene rings is 1. The highest BCUT2D eigenvalue weighted by atomic mass is 35.5. The van der Waals surface area contributed by atoms with Crippen molar-refractivity contribution in [2.75, 3.05) is 11.9 Å². The highest BCUT2D eigenvalue weighted by molar-refractivity contribution is 6.30. The van der Waals surface area contributed by atoms with Gasteiger partial charge in [-0.1, -0.05) is 23.7 Å². The van der Waals surface area contributed by atoms with Crippen LogP contribution in [-0.2, 0) is 17.8 Å². The van der Waals surface area contributed by atoms with Crippen LogP contribution in [0.4, 0.5) is 33.6 Å². The van der Waals surface area contributed by atoms with Crippen molar-refractivity contribution in [3.63, 3.8) is 0 Å². The summed E-state index contributed by atoms with van der Waals surface area (Å²) in [6.45, 7) is 1.04. The molecule has 37 heavy (non-hydrogen) atoms. The quantitative estimate of drug-likeness (QED) is 0.335. The number of hydrogen-bond acceptors (Lipinski definition) is 5. The number of nitrogens with one attached hydrogen (secondary N) is 2. The molecular formula is C24H23ClF5N5O2. The number of likely N-dealkylation sites (tertiary alicyclic amines) is 1. The molecule has 0 aliphatic carbocycles. The summed E-state index contributed by atoms with van der Waals surface area (Å²) in [6, 6.07) is 5.88. The predicted molar refractivity (Wildman–Crippen MR) is 125 cm³/mol. The number of H-pyrrole nitrogens is 1. The summed E-state index contributed by atoms with van der Waals surface area (Å²) in [5.74, 6) is -2.61. The number of aliphatic carboxylic acids is 1. The Balaban J connectivity index is 1.61. The van der Waals surface area contributed by atoms with Crippen molar-refractivity contribution in [3.05, 3.63) is 70.0 Å². The van der Waals surface area contributed by atoms with Crippen LogP contribution in [-0.4, -0.2) is 49.9 Å². The molecule has 1 aliphatic heterocycles. The normalized spacial score (nSPS) is 20.7. The van der Waals surface area contributed by atoms with Crippen molar-refractivity contribution in [3.8, 4) is 0 Å². The maximum absolute atomic E-state index is 14.7. The van der Waals surface area contributed by atoms with E-state index in [1.165, 1.54) is 24.3 Å². The number of rotatable bonds is 7. The minimum atomic E-state index is -4.82. The van der Waals surface area contributed by atoms with Crippen LogP contribution in [0.2, 0.25) is 5.02 Å². The van der Waals surface area contributed by atoms with E-state index in [1.54, 1.807) is 13.0 Å². The first kappa shape index (κ1) is 26.8. The van der Waals surface area contributed by atoms with Gasteiger partial charge >= 0.3 is 12.1 Å². The molecule has 1 fully saturated rings. The van der Waals surface area contributed by atoms with Crippen LogP contribution >= 0.6 is 11.6 Å². The zero-order chi connectivity index (χ0) is 27.0. The smallest absolute Gasteiger partial charge is 0.404 e. The van der Waals surface area contributed by atoms with Crippen molar-refractivity contribution in [2.24, 2.45) is 5.41 Å². The van der Waals surface area contributed by atoms with E-state index in [-0.39, 0.29) is 35.1 Å². The van der Waals surface area contributed by atoms with Gasteiger partial charge in [-0.2, -0.15) is 18.3 Å². The summed E-state index contributed by atoms with van der Waals surface area (Å²) < 4.78 is 71.5. The van der Waals surface area contributed by atoms with Gasteiger partial charge < -0.3 is 10.4 Å². The second-order valence-corrected chi connectivity index (χ2v) is 9.55. The van der Waals surface area contributed by atoms with E-state index in [4.69, 9.17) is 11.6 Å². The molecule has 0 spiro atoms. The molecule has 13 heteroatoms. The minimum absolute atomic E-state index is 0.0373. The van der Waals surface area contributed by atoms with Gasteiger partial charge in [-0.3, -0.25) is 14.8 Å². The molecule has 3 N–H and O–H groups in total. The first-order valence-electron chi connectivity index (χ1n) is 11.3.